The van der Waals surface area contributed by atoms with Crippen LogP contribution in [0.4, 0.5) is 0 Å². The second-order valence-electron chi connectivity index (χ2n) is 1.43. The van der Waals surface area contributed by atoms with E-state index in [0.29, 0.717) is 0 Å². The monoisotopic (exact) mass is 212 g/mol. The van der Waals surface area contributed by atoms with Crippen molar-refractivity contribution in [2.45, 2.75) is 6.92 Å². The summed E-state index contributed by atoms with van der Waals surface area (Å²) in [7, 11) is 0. The van der Waals surface area contributed by atoms with E-state index in [-0.39, 0.29) is 0 Å². The molecule has 58 valence electrons. The van der Waals surface area contributed by atoms with Gasteiger partial charge in [0.25, 0.3) is 0 Å². The van der Waals surface area contributed by atoms with Gasteiger partial charge in [0.05, 0.1) is 0 Å². The fourth-order valence-electron chi connectivity index (χ4n) is 0.172. The zero-order chi connectivity index (χ0) is 8.36. The van der Waals surface area contributed by atoms with E-state index in [0.717, 1.165) is 6.92 Å². The first-order valence-electron chi connectivity index (χ1n) is 2.13. The predicted molar refractivity (Wildman–Crippen MR) is 27.7 cm³/mol. The van der Waals surface area contributed by atoms with Gasteiger partial charge in [-0.1, -0.05) is 0 Å². The van der Waals surface area contributed by atoms with E-state index in [1.54, 1.807) is 0 Å². The summed E-state index contributed by atoms with van der Waals surface area (Å²) in [6.07, 6.45) is 0. The molecule has 0 rings (SSSR count). The molecule has 0 heterocycles. The number of hydrogen-bond donors (Lipinski definition) is 2. The third kappa shape index (κ3) is 4.31. The Morgan fingerprint density at radius 1 is 1.40 bits per heavy atom. The molecule has 0 atom stereocenters. The number of ketones is 1. The first-order chi connectivity index (χ1) is 4.33. The van der Waals surface area contributed by atoms with Crippen LogP contribution in [0.5, 0.6) is 0 Å². The minimum absolute atomic E-state index is 0.855. The van der Waals surface area contributed by atoms with Crippen molar-refractivity contribution >= 4 is 26.3 Å². The molecule has 0 fully saturated rings. The van der Waals surface area contributed by atoms with Gasteiger partial charge in [-0.05, 0) is 0 Å². The van der Waals surface area contributed by atoms with Crippen LogP contribution in [0.1, 0.15) is 6.92 Å². The molecule has 0 unspecified atom stereocenters. The Balaban J connectivity index is 4.07. The summed E-state index contributed by atoms with van der Waals surface area (Å²) in [5, 5.41) is 0. The molecule has 0 saturated heterocycles. The van der Waals surface area contributed by atoms with Crippen molar-refractivity contribution in [1.29, 1.82) is 0 Å². The second-order valence-corrected chi connectivity index (χ2v) is 3.87. The summed E-state index contributed by atoms with van der Waals surface area (Å²) in [4.78, 5) is 20.1. The number of rotatable bonds is 2. The van der Waals surface area contributed by atoms with Crippen LogP contribution in [-0.2, 0) is 17.1 Å². The fourth-order valence-corrected chi connectivity index (χ4v) is 0.895. The van der Waals surface area contributed by atoms with Crippen LogP contribution in [0.15, 0.2) is 0 Å². The Morgan fingerprint density at radius 2 is 1.80 bits per heavy atom. The number of Topliss-reactive ketones (excluding diaryl/α,β-unsaturated/α-hetero) is 1. The Bertz CT molecular complexity index is 201. The van der Waals surface area contributed by atoms with Crippen molar-refractivity contribution in [1.82, 2.24) is 0 Å². The van der Waals surface area contributed by atoms with Gasteiger partial charge >= 0.3 is 58.4 Å². The van der Waals surface area contributed by atoms with E-state index < -0.39 is 26.3 Å². The van der Waals surface area contributed by atoms with Gasteiger partial charge in [0.15, 0.2) is 0 Å². The summed E-state index contributed by atoms with van der Waals surface area (Å²) >= 11 is -5.41. The second kappa shape index (κ2) is 3.00. The normalized spacial score (nSPS) is 10.7. The van der Waals surface area contributed by atoms with Crippen molar-refractivity contribution in [3.63, 3.8) is 0 Å². The molecule has 0 bridgehead atoms. The summed E-state index contributed by atoms with van der Waals surface area (Å²) in [6.45, 7) is 0.855. The van der Waals surface area contributed by atoms with Crippen LogP contribution in [0, 0.1) is 0 Å². The Morgan fingerprint density at radius 3 is 1.90 bits per heavy atom. The van der Waals surface area contributed by atoms with E-state index >= 15 is 0 Å². The van der Waals surface area contributed by atoms with E-state index in [4.69, 9.17) is 8.19 Å². The molecule has 0 aromatic rings. The maximum absolute atomic E-state index is 10.1. The summed E-state index contributed by atoms with van der Waals surface area (Å²) in [6, 6.07) is 0. The van der Waals surface area contributed by atoms with Crippen LogP contribution in [0.3, 0.4) is 0 Å². The summed E-state index contributed by atoms with van der Waals surface area (Å²) in [5.41, 5.74) is 0. The average molecular weight is 212 g/mol. The van der Waals surface area contributed by atoms with Crippen LogP contribution in [0.25, 0.3) is 0 Å². The third-order valence-electron chi connectivity index (χ3n) is 0.489. The van der Waals surface area contributed by atoms with Gasteiger partial charge in [-0.2, -0.15) is 0 Å². The van der Waals surface area contributed by atoms with Gasteiger partial charge in [0, 0.05) is 0 Å². The molecule has 10 heavy (non-hydrogen) atoms. The predicted octanol–water partition coefficient (Wildman–Crippen LogP) is -2.03. The first-order valence-corrected chi connectivity index (χ1v) is 5.34. The Labute approximate surface area is 59.1 Å². The molecular formula is C3H5AsO6. The van der Waals surface area contributed by atoms with Crippen molar-refractivity contribution in [3.05, 3.63) is 0 Å². The van der Waals surface area contributed by atoms with Gasteiger partial charge in [-0.15, -0.1) is 0 Å². The molecule has 0 saturated carbocycles. The number of carbonyl (C=O) groups is 2. The maximum atomic E-state index is 10.1. The van der Waals surface area contributed by atoms with Crippen LogP contribution in [-0.4, -0.2) is 34.5 Å². The van der Waals surface area contributed by atoms with Crippen molar-refractivity contribution < 1.29 is 25.2 Å². The molecule has 0 aliphatic heterocycles. The molecule has 0 radical (unpaired) electrons. The average Bonchev–Trinajstić information content (AvgIpc) is 1.60. The zero-order valence-corrected chi connectivity index (χ0v) is 6.85. The molecular weight excluding hydrogens is 207 g/mol. The van der Waals surface area contributed by atoms with Crippen molar-refractivity contribution in [2.24, 2.45) is 0 Å². The van der Waals surface area contributed by atoms with Gasteiger partial charge in [0.1, 0.15) is 0 Å². The summed E-state index contributed by atoms with van der Waals surface area (Å²) < 4.78 is 29.4. The molecule has 0 aliphatic rings. The van der Waals surface area contributed by atoms with Gasteiger partial charge in [0.2, 0.25) is 0 Å². The van der Waals surface area contributed by atoms with E-state index in [9.17, 15) is 13.3 Å². The van der Waals surface area contributed by atoms with Crippen molar-refractivity contribution in [2.75, 3.05) is 0 Å². The molecule has 0 amide bonds. The Kier molecular flexibility index (Phi) is 2.83. The first kappa shape index (κ1) is 9.42. The molecule has 2 N–H and O–H groups in total. The molecule has 0 aromatic carbocycles. The fraction of sp³-hybridized carbons (Fsp3) is 0.333. The van der Waals surface area contributed by atoms with Gasteiger partial charge in [-0.3, -0.25) is 0 Å². The van der Waals surface area contributed by atoms with Crippen molar-refractivity contribution in [3.8, 4) is 0 Å². The van der Waals surface area contributed by atoms with Gasteiger partial charge < -0.3 is 0 Å². The molecule has 0 spiro atoms. The Hall–Kier alpha value is -0.582. The molecule has 6 nitrogen and oxygen atoms in total. The molecule has 0 aromatic heterocycles. The van der Waals surface area contributed by atoms with Gasteiger partial charge in [-0.25, -0.2) is 0 Å². The van der Waals surface area contributed by atoms with E-state index in [2.05, 4.69) is 3.73 Å². The molecule has 7 heteroatoms. The zero-order valence-electron chi connectivity index (χ0n) is 4.97. The molecule has 0 aliphatic carbocycles. The van der Waals surface area contributed by atoms with E-state index in [1.807, 2.05) is 0 Å². The third-order valence-corrected chi connectivity index (χ3v) is 1.34. The quantitative estimate of drug-likeness (QED) is 0.404. The topological polar surface area (TPSA) is 101 Å². The van der Waals surface area contributed by atoms with Crippen LogP contribution >= 0.6 is 0 Å². The number of hydrogen-bond acceptors (Lipinski definition) is 4. The van der Waals surface area contributed by atoms with E-state index in [1.165, 1.54) is 0 Å². The minimum atomic E-state index is -5.41. The summed E-state index contributed by atoms with van der Waals surface area (Å²) in [5.74, 6) is -2.54. The van der Waals surface area contributed by atoms with Crippen LogP contribution < -0.4 is 0 Å². The standard InChI is InChI=1S/C3H5AsO6/c1-2(5)3(6)10-4(7,8)9/h1H3,(H2,7,8,9). The number of carbonyl (C=O) groups excluding carboxylic acids is 2. The SMILES string of the molecule is CC(=O)C(=O)O[As](=O)(O)O. The van der Waals surface area contributed by atoms with Crippen LogP contribution in [0.2, 0.25) is 0 Å².